The third-order valence-electron chi connectivity index (χ3n) is 3.30. The largest absolute Gasteiger partial charge is 0.366 e. The van der Waals surface area contributed by atoms with Gasteiger partial charge in [0.25, 0.3) is 0 Å². The first kappa shape index (κ1) is 11.0. The second-order valence-electron chi connectivity index (χ2n) is 4.66. The summed E-state index contributed by atoms with van der Waals surface area (Å²) in [4.78, 5) is 15.8. The number of rotatable bonds is 3. The first-order valence-electron chi connectivity index (χ1n) is 6.11. The van der Waals surface area contributed by atoms with Crippen LogP contribution in [-0.2, 0) is 0 Å². The molecule has 1 fully saturated rings. The Morgan fingerprint density at radius 3 is 2.72 bits per heavy atom. The number of benzene rings is 1. The zero-order chi connectivity index (χ0) is 12.5. The van der Waals surface area contributed by atoms with Crippen molar-refractivity contribution in [1.82, 2.24) is 4.98 Å². The van der Waals surface area contributed by atoms with Crippen molar-refractivity contribution in [3.8, 4) is 11.3 Å². The van der Waals surface area contributed by atoms with Crippen LogP contribution in [0.4, 0.5) is 0 Å². The number of primary amides is 1. The van der Waals surface area contributed by atoms with E-state index >= 15 is 0 Å². The molecule has 3 rings (SSSR count). The third-order valence-corrected chi connectivity index (χ3v) is 3.30. The molecule has 1 amide bonds. The molecular formula is C15H14N2O. The Kier molecular flexibility index (Phi) is 2.59. The molecular weight excluding hydrogens is 224 g/mol. The number of carbonyl (C=O) groups excluding carboxylic acids is 1. The van der Waals surface area contributed by atoms with E-state index in [4.69, 9.17) is 5.73 Å². The molecule has 1 heterocycles. The minimum atomic E-state index is -0.413. The fraction of sp³-hybridized carbons (Fsp3) is 0.200. The van der Waals surface area contributed by atoms with Crippen molar-refractivity contribution in [3.05, 3.63) is 53.7 Å². The van der Waals surface area contributed by atoms with Crippen LogP contribution in [0.15, 0.2) is 42.6 Å². The lowest BCUT2D eigenvalue weighted by Crippen LogP contribution is -2.12. The standard InChI is InChI=1S/C15H14N2O/c16-15(18)13-4-2-1-3-12(13)14-9-11(7-8-17-14)10-5-6-10/h1-4,7-10H,5-6H2,(H2,16,18). The molecule has 0 aliphatic heterocycles. The molecule has 1 saturated carbocycles. The topological polar surface area (TPSA) is 56.0 Å². The Morgan fingerprint density at radius 2 is 2.00 bits per heavy atom. The number of amides is 1. The SMILES string of the molecule is NC(=O)c1ccccc1-c1cc(C2CC2)ccn1. The van der Waals surface area contributed by atoms with Gasteiger partial charge in [0.2, 0.25) is 5.91 Å². The highest BCUT2D eigenvalue weighted by Crippen LogP contribution is 2.40. The first-order valence-corrected chi connectivity index (χ1v) is 6.11. The molecule has 0 unspecified atom stereocenters. The Balaban J connectivity index is 2.08. The van der Waals surface area contributed by atoms with E-state index in [2.05, 4.69) is 11.1 Å². The van der Waals surface area contributed by atoms with Crippen molar-refractivity contribution in [2.45, 2.75) is 18.8 Å². The van der Waals surface area contributed by atoms with E-state index < -0.39 is 5.91 Å². The van der Waals surface area contributed by atoms with Gasteiger partial charge in [-0.05, 0) is 42.5 Å². The van der Waals surface area contributed by atoms with Gasteiger partial charge in [-0.1, -0.05) is 18.2 Å². The summed E-state index contributed by atoms with van der Waals surface area (Å²) < 4.78 is 0. The van der Waals surface area contributed by atoms with Crippen LogP contribution in [-0.4, -0.2) is 10.9 Å². The van der Waals surface area contributed by atoms with Crippen molar-refractivity contribution in [2.24, 2.45) is 5.73 Å². The van der Waals surface area contributed by atoms with Crippen LogP contribution in [0.3, 0.4) is 0 Å². The molecule has 0 saturated heterocycles. The average molecular weight is 238 g/mol. The number of nitrogens with zero attached hydrogens (tertiary/aromatic N) is 1. The maximum atomic E-state index is 11.4. The van der Waals surface area contributed by atoms with E-state index in [1.807, 2.05) is 24.3 Å². The molecule has 3 nitrogen and oxygen atoms in total. The maximum Gasteiger partial charge on any atom is 0.249 e. The number of hydrogen-bond acceptors (Lipinski definition) is 2. The van der Waals surface area contributed by atoms with E-state index in [0.717, 1.165) is 11.3 Å². The molecule has 1 aromatic heterocycles. The number of nitrogens with two attached hydrogens (primary N) is 1. The zero-order valence-electron chi connectivity index (χ0n) is 9.97. The molecule has 1 aliphatic rings. The lowest BCUT2D eigenvalue weighted by molar-refractivity contribution is 0.100. The normalized spacial score (nSPS) is 14.4. The molecule has 0 spiro atoms. The van der Waals surface area contributed by atoms with Gasteiger partial charge < -0.3 is 5.73 Å². The van der Waals surface area contributed by atoms with Crippen LogP contribution in [0.5, 0.6) is 0 Å². The molecule has 2 aromatic rings. The maximum absolute atomic E-state index is 11.4. The second-order valence-corrected chi connectivity index (χ2v) is 4.66. The smallest absolute Gasteiger partial charge is 0.249 e. The zero-order valence-corrected chi connectivity index (χ0v) is 9.97. The van der Waals surface area contributed by atoms with Crippen LogP contribution < -0.4 is 5.73 Å². The fourth-order valence-electron chi connectivity index (χ4n) is 2.19. The van der Waals surface area contributed by atoms with Crippen molar-refractivity contribution in [3.63, 3.8) is 0 Å². The average Bonchev–Trinajstić information content (AvgIpc) is 3.23. The quantitative estimate of drug-likeness (QED) is 0.893. The van der Waals surface area contributed by atoms with Gasteiger partial charge >= 0.3 is 0 Å². The summed E-state index contributed by atoms with van der Waals surface area (Å²) >= 11 is 0. The van der Waals surface area contributed by atoms with Gasteiger partial charge in [0.15, 0.2) is 0 Å². The van der Waals surface area contributed by atoms with E-state index in [1.54, 1.807) is 12.3 Å². The summed E-state index contributed by atoms with van der Waals surface area (Å²) in [6, 6.07) is 11.5. The Bertz CT molecular complexity index is 603. The van der Waals surface area contributed by atoms with Crippen molar-refractivity contribution >= 4 is 5.91 Å². The summed E-state index contributed by atoms with van der Waals surface area (Å²) in [5.41, 5.74) is 8.87. The monoisotopic (exact) mass is 238 g/mol. The van der Waals surface area contributed by atoms with Crippen LogP contribution in [0.2, 0.25) is 0 Å². The fourth-order valence-corrected chi connectivity index (χ4v) is 2.19. The van der Waals surface area contributed by atoms with Crippen LogP contribution in [0.1, 0.15) is 34.7 Å². The van der Waals surface area contributed by atoms with Gasteiger partial charge in [-0.25, -0.2) is 0 Å². The lowest BCUT2D eigenvalue weighted by atomic mass is 10.0. The molecule has 1 aliphatic carbocycles. The summed E-state index contributed by atoms with van der Waals surface area (Å²) in [6.07, 6.45) is 4.31. The highest BCUT2D eigenvalue weighted by Gasteiger charge is 2.24. The first-order chi connectivity index (χ1) is 8.75. The molecule has 3 heteroatoms. The molecule has 2 N–H and O–H groups in total. The van der Waals surface area contributed by atoms with Crippen LogP contribution in [0.25, 0.3) is 11.3 Å². The van der Waals surface area contributed by atoms with Gasteiger partial charge in [0, 0.05) is 17.3 Å². The van der Waals surface area contributed by atoms with Gasteiger partial charge in [-0.3, -0.25) is 9.78 Å². The Hall–Kier alpha value is -2.16. The van der Waals surface area contributed by atoms with Gasteiger partial charge in [0.05, 0.1) is 5.69 Å². The van der Waals surface area contributed by atoms with Crippen molar-refractivity contribution < 1.29 is 4.79 Å². The van der Waals surface area contributed by atoms with E-state index in [-0.39, 0.29) is 0 Å². The summed E-state index contributed by atoms with van der Waals surface area (Å²) in [6.45, 7) is 0. The van der Waals surface area contributed by atoms with E-state index in [1.165, 1.54) is 18.4 Å². The number of aromatic nitrogens is 1. The Morgan fingerprint density at radius 1 is 1.22 bits per heavy atom. The minimum Gasteiger partial charge on any atom is -0.366 e. The van der Waals surface area contributed by atoms with Crippen molar-refractivity contribution in [2.75, 3.05) is 0 Å². The van der Waals surface area contributed by atoms with E-state index in [9.17, 15) is 4.79 Å². The molecule has 18 heavy (non-hydrogen) atoms. The number of hydrogen-bond donors (Lipinski definition) is 1. The van der Waals surface area contributed by atoms with Gasteiger partial charge in [0.1, 0.15) is 0 Å². The lowest BCUT2D eigenvalue weighted by Gasteiger charge is -2.07. The highest BCUT2D eigenvalue weighted by atomic mass is 16.1. The van der Waals surface area contributed by atoms with E-state index in [0.29, 0.717) is 11.5 Å². The summed E-state index contributed by atoms with van der Waals surface area (Å²) in [7, 11) is 0. The number of pyridine rings is 1. The van der Waals surface area contributed by atoms with Gasteiger partial charge in [-0.15, -0.1) is 0 Å². The second kappa shape index (κ2) is 4.26. The van der Waals surface area contributed by atoms with Crippen LogP contribution >= 0.6 is 0 Å². The molecule has 0 atom stereocenters. The summed E-state index contributed by atoms with van der Waals surface area (Å²) in [5.74, 6) is 0.261. The molecule has 0 bridgehead atoms. The predicted octanol–water partition coefficient (Wildman–Crippen LogP) is 2.72. The summed E-state index contributed by atoms with van der Waals surface area (Å²) in [5, 5.41) is 0. The Labute approximate surface area is 106 Å². The highest BCUT2D eigenvalue weighted by molar-refractivity contribution is 5.99. The van der Waals surface area contributed by atoms with Gasteiger partial charge in [-0.2, -0.15) is 0 Å². The molecule has 0 radical (unpaired) electrons. The minimum absolute atomic E-state index is 0.413. The molecule has 1 aromatic carbocycles. The van der Waals surface area contributed by atoms with Crippen molar-refractivity contribution in [1.29, 1.82) is 0 Å². The molecule has 90 valence electrons. The van der Waals surface area contributed by atoms with Crippen LogP contribution in [0, 0.1) is 0 Å². The third kappa shape index (κ3) is 1.99. The predicted molar refractivity (Wildman–Crippen MR) is 70.2 cm³/mol. The number of carbonyl (C=O) groups is 1.